The summed E-state index contributed by atoms with van der Waals surface area (Å²) in [5.74, 6) is 2.13. The number of aromatic nitrogens is 2. The molecule has 180 valence electrons. The quantitative estimate of drug-likeness (QED) is 0.408. The normalized spacial score (nSPS) is 16.9. The number of amides is 2. The first-order chi connectivity index (χ1) is 17.7. The van der Waals surface area contributed by atoms with E-state index >= 15 is 0 Å². The maximum atomic E-state index is 13.2. The molecule has 0 saturated heterocycles. The van der Waals surface area contributed by atoms with Crippen LogP contribution in [-0.2, 0) is 6.42 Å². The molecular formula is C28H24N4O4. The summed E-state index contributed by atoms with van der Waals surface area (Å²) in [5, 5.41) is 7.39. The molecule has 1 atom stereocenters. The third kappa shape index (κ3) is 4.07. The molecule has 0 saturated carbocycles. The number of fused-ring (bicyclic) bond motifs is 1. The van der Waals surface area contributed by atoms with Crippen LogP contribution in [-0.4, -0.2) is 34.4 Å². The van der Waals surface area contributed by atoms with Gasteiger partial charge in [0.2, 0.25) is 12.6 Å². The lowest BCUT2D eigenvalue weighted by molar-refractivity contribution is 0.174. The lowest BCUT2D eigenvalue weighted by Crippen LogP contribution is -2.46. The maximum Gasteiger partial charge on any atom is 0.322 e. The van der Waals surface area contributed by atoms with Crippen molar-refractivity contribution in [3.63, 3.8) is 0 Å². The number of urea groups is 1. The van der Waals surface area contributed by atoms with Crippen LogP contribution in [0.2, 0.25) is 0 Å². The molecule has 2 aliphatic rings. The fourth-order valence-corrected chi connectivity index (χ4v) is 4.59. The Kier molecular flexibility index (Phi) is 5.61. The molecule has 0 radical (unpaired) electrons. The van der Waals surface area contributed by atoms with Crippen molar-refractivity contribution in [3.05, 3.63) is 102 Å². The van der Waals surface area contributed by atoms with Crippen molar-refractivity contribution in [2.75, 3.05) is 13.3 Å². The zero-order valence-corrected chi connectivity index (χ0v) is 19.7. The van der Waals surface area contributed by atoms with Crippen molar-refractivity contribution in [2.45, 2.75) is 19.4 Å². The first-order valence-corrected chi connectivity index (χ1v) is 11.8. The summed E-state index contributed by atoms with van der Waals surface area (Å²) < 4.78 is 16.7. The predicted octanol–water partition coefficient (Wildman–Crippen LogP) is 5.21. The monoisotopic (exact) mass is 480 g/mol. The van der Waals surface area contributed by atoms with E-state index in [1.165, 1.54) is 0 Å². The second kappa shape index (κ2) is 9.22. The molecule has 36 heavy (non-hydrogen) atoms. The minimum Gasteiger partial charge on any atom is -0.454 e. The van der Waals surface area contributed by atoms with Gasteiger partial charge in [0.15, 0.2) is 11.5 Å². The number of ether oxygens (including phenoxy) is 2. The first kappa shape index (κ1) is 21.9. The molecule has 1 aromatic heterocycles. The van der Waals surface area contributed by atoms with Gasteiger partial charge in [0, 0.05) is 17.8 Å². The zero-order valence-electron chi connectivity index (χ0n) is 19.7. The van der Waals surface area contributed by atoms with E-state index in [0.29, 0.717) is 29.8 Å². The van der Waals surface area contributed by atoms with Crippen LogP contribution in [0.4, 0.5) is 4.79 Å². The molecule has 3 aromatic carbocycles. The molecule has 0 fully saturated rings. The number of allylic oxidation sites excluding steroid dienone is 1. The number of nitrogens with one attached hydrogen (secondary N) is 1. The Bertz CT molecular complexity index is 1430. The minimum atomic E-state index is -0.420. The van der Waals surface area contributed by atoms with E-state index in [2.05, 4.69) is 22.6 Å². The molecule has 2 amide bonds. The highest BCUT2D eigenvalue weighted by atomic mass is 16.7. The number of benzene rings is 3. The summed E-state index contributed by atoms with van der Waals surface area (Å²) in [6, 6.07) is 24.9. The van der Waals surface area contributed by atoms with Gasteiger partial charge in [-0.1, -0.05) is 65.8 Å². The molecule has 1 unspecified atom stereocenters. The zero-order chi connectivity index (χ0) is 24.5. The standard InChI is InChI=1S/C28H24N4O4/c1-18-24(27-30-26(31-36-27)21-12-13-22-23(16-21)35-17-34-22)25(20-10-6-3-7-11-20)29-28(33)32(18)15-14-19-8-4-2-5-9-19/h2-13,16,25H,14-15,17H2,1H3,(H,29,33). The van der Waals surface area contributed by atoms with Crippen molar-refractivity contribution in [1.29, 1.82) is 0 Å². The highest BCUT2D eigenvalue weighted by molar-refractivity contribution is 5.87. The van der Waals surface area contributed by atoms with Gasteiger partial charge in [-0.3, -0.25) is 4.90 Å². The molecule has 2 aliphatic heterocycles. The lowest BCUT2D eigenvalue weighted by Gasteiger charge is -2.35. The highest BCUT2D eigenvalue weighted by Gasteiger charge is 2.35. The minimum absolute atomic E-state index is 0.156. The summed E-state index contributed by atoms with van der Waals surface area (Å²) in [4.78, 5) is 19.7. The van der Waals surface area contributed by atoms with E-state index in [4.69, 9.17) is 19.0 Å². The summed E-state index contributed by atoms with van der Waals surface area (Å²) >= 11 is 0. The van der Waals surface area contributed by atoms with Gasteiger partial charge in [0.05, 0.1) is 11.6 Å². The van der Waals surface area contributed by atoms with E-state index in [0.717, 1.165) is 34.4 Å². The van der Waals surface area contributed by atoms with Gasteiger partial charge in [-0.25, -0.2) is 4.79 Å². The third-order valence-electron chi connectivity index (χ3n) is 6.48. The summed E-state index contributed by atoms with van der Waals surface area (Å²) in [5.41, 5.74) is 4.40. The van der Waals surface area contributed by atoms with Crippen LogP contribution in [0.5, 0.6) is 11.5 Å². The van der Waals surface area contributed by atoms with Gasteiger partial charge in [-0.05, 0) is 42.7 Å². The first-order valence-electron chi connectivity index (χ1n) is 11.8. The molecule has 0 bridgehead atoms. The number of carbonyl (C=O) groups is 1. The van der Waals surface area contributed by atoms with E-state index < -0.39 is 6.04 Å². The molecule has 0 aliphatic carbocycles. The summed E-state index contributed by atoms with van der Waals surface area (Å²) in [6.07, 6.45) is 0.723. The van der Waals surface area contributed by atoms with E-state index in [-0.39, 0.29) is 12.8 Å². The van der Waals surface area contributed by atoms with Gasteiger partial charge in [0.25, 0.3) is 5.89 Å². The summed E-state index contributed by atoms with van der Waals surface area (Å²) in [6.45, 7) is 2.65. The Hall–Kier alpha value is -4.59. The average Bonchev–Trinajstić information content (AvgIpc) is 3.59. The van der Waals surface area contributed by atoms with Crippen LogP contribution in [0.3, 0.4) is 0 Å². The van der Waals surface area contributed by atoms with Gasteiger partial charge < -0.3 is 19.3 Å². The van der Waals surface area contributed by atoms with E-state index in [1.807, 2.05) is 73.7 Å². The van der Waals surface area contributed by atoms with Crippen LogP contribution in [0.25, 0.3) is 17.0 Å². The van der Waals surface area contributed by atoms with Gasteiger partial charge in [-0.2, -0.15) is 4.98 Å². The van der Waals surface area contributed by atoms with Crippen LogP contribution in [0.15, 0.2) is 89.1 Å². The average molecular weight is 481 g/mol. The number of rotatable bonds is 6. The molecular weight excluding hydrogens is 456 g/mol. The van der Waals surface area contributed by atoms with E-state index in [1.54, 1.807) is 4.90 Å². The van der Waals surface area contributed by atoms with Crippen molar-refractivity contribution < 1.29 is 18.8 Å². The number of carbonyl (C=O) groups excluding carboxylic acids is 1. The smallest absolute Gasteiger partial charge is 0.322 e. The Morgan fingerprint density at radius 2 is 1.72 bits per heavy atom. The Labute approximate surface area is 208 Å². The maximum absolute atomic E-state index is 13.2. The van der Waals surface area contributed by atoms with Crippen LogP contribution < -0.4 is 14.8 Å². The van der Waals surface area contributed by atoms with Crippen LogP contribution >= 0.6 is 0 Å². The number of hydrogen-bond donors (Lipinski definition) is 1. The van der Waals surface area contributed by atoms with Crippen LogP contribution in [0.1, 0.15) is 30.0 Å². The lowest BCUT2D eigenvalue weighted by atomic mass is 9.94. The number of nitrogens with zero attached hydrogens (tertiary/aromatic N) is 3. The van der Waals surface area contributed by atoms with Crippen molar-refractivity contribution in [1.82, 2.24) is 20.4 Å². The van der Waals surface area contributed by atoms with Crippen molar-refractivity contribution >= 4 is 11.6 Å². The van der Waals surface area contributed by atoms with Gasteiger partial charge >= 0.3 is 6.03 Å². The number of hydrogen-bond acceptors (Lipinski definition) is 6. The molecule has 8 heteroatoms. The molecule has 4 aromatic rings. The molecule has 3 heterocycles. The molecule has 8 nitrogen and oxygen atoms in total. The predicted molar refractivity (Wildman–Crippen MR) is 133 cm³/mol. The molecule has 1 N–H and O–H groups in total. The third-order valence-corrected chi connectivity index (χ3v) is 6.48. The second-order valence-electron chi connectivity index (χ2n) is 8.67. The van der Waals surface area contributed by atoms with Crippen molar-refractivity contribution in [3.8, 4) is 22.9 Å². The highest BCUT2D eigenvalue weighted by Crippen LogP contribution is 2.39. The van der Waals surface area contributed by atoms with Gasteiger partial charge in [0.1, 0.15) is 0 Å². The fourth-order valence-electron chi connectivity index (χ4n) is 4.59. The fraction of sp³-hybridized carbons (Fsp3) is 0.179. The summed E-state index contributed by atoms with van der Waals surface area (Å²) in [7, 11) is 0. The SMILES string of the molecule is CC1=C(c2nc(-c3ccc4c(c3)OCO4)no2)C(c2ccccc2)NC(=O)N1CCc1ccccc1. The Morgan fingerprint density at radius 1 is 0.972 bits per heavy atom. The Balaban J connectivity index is 1.38. The second-order valence-corrected chi connectivity index (χ2v) is 8.67. The van der Waals surface area contributed by atoms with Gasteiger partial charge in [-0.15, -0.1) is 0 Å². The topological polar surface area (TPSA) is 89.7 Å². The Morgan fingerprint density at radius 3 is 2.53 bits per heavy atom. The van der Waals surface area contributed by atoms with E-state index in [9.17, 15) is 4.79 Å². The molecule has 0 spiro atoms. The van der Waals surface area contributed by atoms with Crippen molar-refractivity contribution in [2.24, 2.45) is 0 Å². The molecule has 6 rings (SSSR count). The van der Waals surface area contributed by atoms with Crippen LogP contribution in [0, 0.1) is 0 Å². The largest absolute Gasteiger partial charge is 0.454 e.